The van der Waals surface area contributed by atoms with Crippen LogP contribution in [0, 0.1) is 0 Å². The van der Waals surface area contributed by atoms with Gasteiger partial charge in [-0.05, 0) is 30.0 Å². The predicted octanol–water partition coefficient (Wildman–Crippen LogP) is 2.30. The molecule has 2 aromatic rings. The minimum atomic E-state index is -0.106. The maximum atomic E-state index is 6.17. The number of nitrogens with zero attached hydrogens (tertiary/aromatic N) is 3. The Morgan fingerprint density at radius 1 is 1.15 bits per heavy atom. The van der Waals surface area contributed by atoms with Gasteiger partial charge in [0.25, 0.3) is 5.95 Å². The molecule has 0 saturated carbocycles. The van der Waals surface area contributed by atoms with Gasteiger partial charge in [0, 0.05) is 25.6 Å². The fourth-order valence-corrected chi connectivity index (χ4v) is 2.56. The molecule has 1 aromatic heterocycles. The lowest BCUT2D eigenvalue weighted by molar-refractivity contribution is 0.368. The summed E-state index contributed by atoms with van der Waals surface area (Å²) in [5.41, 5.74) is 7.26. The van der Waals surface area contributed by atoms with Gasteiger partial charge in [-0.15, -0.1) is 0 Å². The van der Waals surface area contributed by atoms with Crippen molar-refractivity contribution in [2.45, 2.75) is 31.7 Å². The van der Waals surface area contributed by atoms with E-state index in [1.54, 1.807) is 0 Å². The van der Waals surface area contributed by atoms with Crippen molar-refractivity contribution in [3.05, 3.63) is 41.8 Å². The molecule has 2 heterocycles. The Labute approximate surface area is 118 Å². The molecule has 20 heavy (non-hydrogen) atoms. The first-order valence-corrected chi connectivity index (χ1v) is 7.21. The average molecular weight is 272 g/mol. The van der Waals surface area contributed by atoms with Gasteiger partial charge in [-0.25, -0.2) is 0 Å². The normalized spacial score (nSPS) is 17.1. The monoisotopic (exact) mass is 272 g/mol. The molecule has 0 radical (unpaired) electrons. The van der Waals surface area contributed by atoms with Crippen molar-refractivity contribution in [2.75, 3.05) is 18.0 Å². The second kappa shape index (κ2) is 6.05. The second-order valence-electron chi connectivity index (χ2n) is 5.26. The van der Waals surface area contributed by atoms with Crippen molar-refractivity contribution in [2.24, 2.45) is 5.73 Å². The number of benzene rings is 1. The molecule has 1 aromatic carbocycles. The Kier molecular flexibility index (Phi) is 3.97. The van der Waals surface area contributed by atoms with Gasteiger partial charge in [-0.3, -0.25) is 0 Å². The number of nitrogens with two attached hydrogens (primary N) is 1. The summed E-state index contributed by atoms with van der Waals surface area (Å²) in [5, 5.41) is 4.07. The van der Waals surface area contributed by atoms with E-state index in [0.717, 1.165) is 18.7 Å². The number of rotatable bonds is 4. The van der Waals surface area contributed by atoms with Crippen LogP contribution in [0.3, 0.4) is 0 Å². The first-order chi connectivity index (χ1) is 9.83. The van der Waals surface area contributed by atoms with E-state index in [4.69, 9.17) is 10.3 Å². The molecule has 1 unspecified atom stereocenters. The third-order valence-electron chi connectivity index (χ3n) is 3.72. The third-order valence-corrected chi connectivity index (χ3v) is 3.72. The van der Waals surface area contributed by atoms with Crippen LogP contribution in [-0.2, 0) is 6.42 Å². The quantitative estimate of drug-likeness (QED) is 0.925. The molecular weight excluding hydrogens is 252 g/mol. The van der Waals surface area contributed by atoms with Gasteiger partial charge < -0.3 is 15.2 Å². The molecule has 0 spiro atoms. The van der Waals surface area contributed by atoms with Crippen LogP contribution < -0.4 is 10.6 Å². The zero-order valence-corrected chi connectivity index (χ0v) is 11.5. The molecule has 5 nitrogen and oxygen atoms in total. The smallest absolute Gasteiger partial charge is 0.266 e. The summed E-state index contributed by atoms with van der Waals surface area (Å²) in [7, 11) is 0. The second-order valence-corrected chi connectivity index (χ2v) is 5.26. The van der Waals surface area contributed by atoms with E-state index < -0.39 is 0 Å². The van der Waals surface area contributed by atoms with Crippen LogP contribution in [0.2, 0.25) is 0 Å². The van der Waals surface area contributed by atoms with E-state index in [2.05, 4.69) is 15.0 Å². The molecule has 2 N–H and O–H groups in total. The van der Waals surface area contributed by atoms with Crippen LogP contribution >= 0.6 is 0 Å². The first kappa shape index (κ1) is 13.1. The predicted molar refractivity (Wildman–Crippen MR) is 77.4 cm³/mol. The fraction of sp³-hybridized carbons (Fsp3) is 0.467. The van der Waals surface area contributed by atoms with E-state index in [0.29, 0.717) is 18.3 Å². The van der Waals surface area contributed by atoms with Gasteiger partial charge in [0.1, 0.15) is 0 Å². The third kappa shape index (κ3) is 2.99. The summed E-state index contributed by atoms with van der Waals surface area (Å²) in [5.74, 6) is 1.32. The van der Waals surface area contributed by atoms with Crippen molar-refractivity contribution in [3.63, 3.8) is 0 Å². The van der Waals surface area contributed by atoms with Crippen molar-refractivity contribution >= 4 is 5.95 Å². The van der Waals surface area contributed by atoms with Crippen molar-refractivity contribution in [3.8, 4) is 0 Å². The highest BCUT2D eigenvalue weighted by atomic mass is 16.5. The Balaban J connectivity index is 1.65. The van der Waals surface area contributed by atoms with Crippen LogP contribution in [0.15, 0.2) is 34.9 Å². The van der Waals surface area contributed by atoms with E-state index >= 15 is 0 Å². The molecule has 1 aliphatic heterocycles. The molecule has 1 aliphatic rings. The molecule has 0 amide bonds. The Morgan fingerprint density at radius 3 is 2.65 bits per heavy atom. The van der Waals surface area contributed by atoms with Gasteiger partial charge in [0.2, 0.25) is 5.89 Å². The minimum Gasteiger partial charge on any atom is -0.338 e. The largest absolute Gasteiger partial charge is 0.338 e. The standard InChI is InChI=1S/C15H20N4O/c16-13(12-7-3-1-4-8-12)11-14-17-15(18-20-14)19-9-5-2-6-10-19/h1,3-4,7-8,13H,2,5-6,9-11,16H2. The van der Waals surface area contributed by atoms with E-state index in [1.165, 1.54) is 19.3 Å². The van der Waals surface area contributed by atoms with E-state index in [1.807, 2.05) is 30.3 Å². The van der Waals surface area contributed by atoms with Gasteiger partial charge in [0.15, 0.2) is 0 Å². The summed E-state index contributed by atoms with van der Waals surface area (Å²) < 4.78 is 5.33. The fourth-order valence-electron chi connectivity index (χ4n) is 2.56. The number of piperidine rings is 1. The summed E-state index contributed by atoms with van der Waals surface area (Å²) in [4.78, 5) is 6.65. The maximum Gasteiger partial charge on any atom is 0.266 e. The highest BCUT2D eigenvalue weighted by Crippen LogP contribution is 2.19. The number of hydrogen-bond acceptors (Lipinski definition) is 5. The molecule has 5 heteroatoms. The summed E-state index contributed by atoms with van der Waals surface area (Å²) in [6.45, 7) is 2.04. The summed E-state index contributed by atoms with van der Waals surface area (Å²) in [6, 6.07) is 9.90. The number of aromatic nitrogens is 2. The summed E-state index contributed by atoms with van der Waals surface area (Å²) >= 11 is 0. The Hall–Kier alpha value is -1.88. The first-order valence-electron chi connectivity index (χ1n) is 7.21. The van der Waals surface area contributed by atoms with Crippen molar-refractivity contribution < 1.29 is 4.52 Å². The zero-order chi connectivity index (χ0) is 13.8. The Morgan fingerprint density at radius 2 is 1.90 bits per heavy atom. The summed E-state index contributed by atoms with van der Waals surface area (Å²) in [6.07, 6.45) is 4.27. The van der Waals surface area contributed by atoms with Gasteiger partial charge in [0.05, 0.1) is 0 Å². The lowest BCUT2D eigenvalue weighted by Crippen LogP contribution is -2.30. The topological polar surface area (TPSA) is 68.2 Å². The maximum absolute atomic E-state index is 6.17. The van der Waals surface area contributed by atoms with Crippen molar-refractivity contribution in [1.29, 1.82) is 0 Å². The van der Waals surface area contributed by atoms with Gasteiger partial charge in [-0.1, -0.05) is 30.3 Å². The van der Waals surface area contributed by atoms with E-state index in [9.17, 15) is 0 Å². The Bertz CT molecular complexity index is 534. The molecule has 1 saturated heterocycles. The molecule has 1 atom stereocenters. The lowest BCUT2D eigenvalue weighted by Gasteiger charge is -2.24. The highest BCUT2D eigenvalue weighted by Gasteiger charge is 2.18. The minimum absolute atomic E-state index is 0.106. The van der Waals surface area contributed by atoms with Gasteiger partial charge >= 0.3 is 0 Å². The number of hydrogen-bond donors (Lipinski definition) is 1. The van der Waals surface area contributed by atoms with Crippen LogP contribution in [-0.4, -0.2) is 23.2 Å². The van der Waals surface area contributed by atoms with Crippen molar-refractivity contribution in [1.82, 2.24) is 10.1 Å². The molecule has 0 aliphatic carbocycles. The molecular formula is C15H20N4O. The molecule has 0 bridgehead atoms. The zero-order valence-electron chi connectivity index (χ0n) is 11.5. The number of anilines is 1. The van der Waals surface area contributed by atoms with Crippen LogP contribution in [0.25, 0.3) is 0 Å². The van der Waals surface area contributed by atoms with Crippen LogP contribution in [0.1, 0.15) is 36.8 Å². The average Bonchev–Trinajstić information content (AvgIpc) is 2.97. The molecule has 3 rings (SSSR count). The van der Waals surface area contributed by atoms with Gasteiger partial charge in [-0.2, -0.15) is 4.98 Å². The van der Waals surface area contributed by atoms with Crippen LogP contribution in [0.4, 0.5) is 5.95 Å². The molecule has 1 fully saturated rings. The van der Waals surface area contributed by atoms with E-state index in [-0.39, 0.29) is 6.04 Å². The highest BCUT2D eigenvalue weighted by molar-refractivity contribution is 5.28. The molecule has 106 valence electrons. The SMILES string of the molecule is NC(Cc1nc(N2CCCCC2)no1)c1ccccc1. The lowest BCUT2D eigenvalue weighted by atomic mass is 10.1. The van der Waals surface area contributed by atoms with Crippen LogP contribution in [0.5, 0.6) is 0 Å².